The van der Waals surface area contributed by atoms with Gasteiger partial charge in [-0.15, -0.1) is 0 Å². The number of hydrogen-bond donors (Lipinski definition) is 0. The molecule has 0 fully saturated rings. The van der Waals surface area contributed by atoms with Crippen molar-refractivity contribution in [1.82, 2.24) is 0 Å². The molecule has 122 valence electrons. The van der Waals surface area contributed by atoms with Crippen LogP contribution in [-0.4, -0.2) is 5.78 Å². The zero-order valence-corrected chi connectivity index (χ0v) is 14.1. The number of benzene rings is 3. The van der Waals surface area contributed by atoms with Crippen LogP contribution in [0.4, 0.5) is 0 Å². The first-order valence-electron chi connectivity index (χ1n) is 8.78. The van der Waals surface area contributed by atoms with Crippen molar-refractivity contribution in [2.45, 2.75) is 18.8 Å². The van der Waals surface area contributed by atoms with Crippen molar-refractivity contribution in [2.24, 2.45) is 0 Å². The maximum Gasteiger partial charge on any atom is 0.171 e. The van der Waals surface area contributed by atoms with Crippen molar-refractivity contribution in [1.29, 1.82) is 0 Å². The summed E-state index contributed by atoms with van der Waals surface area (Å²) in [5, 5.41) is 0. The minimum absolute atomic E-state index is 0.0520. The van der Waals surface area contributed by atoms with Crippen molar-refractivity contribution in [2.75, 3.05) is 0 Å². The first-order valence-corrected chi connectivity index (χ1v) is 8.78. The molecule has 3 aromatic carbocycles. The van der Waals surface area contributed by atoms with E-state index in [9.17, 15) is 4.79 Å². The monoisotopic (exact) mass is 324 g/mol. The summed E-state index contributed by atoms with van der Waals surface area (Å²) in [6, 6.07) is 30.6. The van der Waals surface area contributed by atoms with E-state index in [1.807, 2.05) is 66.7 Å². The van der Waals surface area contributed by atoms with E-state index in [4.69, 9.17) is 0 Å². The van der Waals surface area contributed by atoms with Gasteiger partial charge < -0.3 is 0 Å². The second-order valence-corrected chi connectivity index (χ2v) is 6.45. The lowest BCUT2D eigenvalue weighted by Crippen LogP contribution is -2.20. The fraction of sp³-hybridized carbons (Fsp3) is 0.125. The van der Waals surface area contributed by atoms with Gasteiger partial charge in [0.1, 0.15) is 0 Å². The minimum atomic E-state index is -0.0520. The molecule has 0 heterocycles. The molecule has 1 unspecified atom stereocenters. The Morgan fingerprint density at radius 3 is 1.76 bits per heavy atom. The van der Waals surface area contributed by atoms with Crippen LogP contribution in [0, 0.1) is 0 Å². The molecule has 0 N–H and O–H groups in total. The summed E-state index contributed by atoms with van der Waals surface area (Å²) < 4.78 is 0. The van der Waals surface area contributed by atoms with Crippen LogP contribution in [0.2, 0.25) is 0 Å². The van der Waals surface area contributed by atoms with Crippen LogP contribution in [0.15, 0.2) is 91.0 Å². The molecule has 3 aromatic rings. The van der Waals surface area contributed by atoms with Crippen LogP contribution >= 0.6 is 0 Å². The lowest BCUT2D eigenvalue weighted by atomic mass is 9.75. The SMILES string of the molecule is O=C1C(c2ccccc2)=C(c2ccccc2)CCC1c1ccccc1. The number of ketones is 1. The van der Waals surface area contributed by atoms with Gasteiger partial charge in [0, 0.05) is 11.5 Å². The normalized spacial score (nSPS) is 17.6. The summed E-state index contributed by atoms with van der Waals surface area (Å²) in [5.74, 6) is 0.186. The van der Waals surface area contributed by atoms with Gasteiger partial charge in [0.05, 0.1) is 0 Å². The average Bonchev–Trinajstić information content (AvgIpc) is 2.70. The number of Topliss-reactive ketones (excluding diaryl/α,β-unsaturated/α-hetero) is 1. The maximum absolute atomic E-state index is 13.5. The molecule has 0 saturated heterocycles. The summed E-state index contributed by atoms with van der Waals surface area (Å²) in [7, 11) is 0. The van der Waals surface area contributed by atoms with Gasteiger partial charge >= 0.3 is 0 Å². The standard InChI is InChI=1S/C24H20O/c25-24-22(19-12-6-2-7-13-19)17-16-21(18-10-4-1-5-11-18)23(24)20-14-8-3-9-15-20/h1-15,22H,16-17H2. The van der Waals surface area contributed by atoms with Gasteiger partial charge in [-0.05, 0) is 35.1 Å². The molecule has 0 aliphatic heterocycles. The molecule has 1 aliphatic carbocycles. The predicted molar refractivity (Wildman–Crippen MR) is 103 cm³/mol. The first-order chi connectivity index (χ1) is 12.3. The summed E-state index contributed by atoms with van der Waals surface area (Å²) >= 11 is 0. The van der Waals surface area contributed by atoms with E-state index >= 15 is 0 Å². The second kappa shape index (κ2) is 6.90. The van der Waals surface area contributed by atoms with Crippen LogP contribution < -0.4 is 0 Å². The molecule has 0 bridgehead atoms. The van der Waals surface area contributed by atoms with E-state index in [-0.39, 0.29) is 11.7 Å². The van der Waals surface area contributed by atoms with Crippen LogP contribution in [0.5, 0.6) is 0 Å². The largest absolute Gasteiger partial charge is 0.293 e. The Balaban J connectivity index is 1.85. The van der Waals surface area contributed by atoms with Gasteiger partial charge in [-0.25, -0.2) is 0 Å². The molecule has 4 rings (SSSR count). The number of allylic oxidation sites excluding steroid dienone is 2. The highest BCUT2D eigenvalue weighted by Gasteiger charge is 2.31. The molecule has 0 saturated carbocycles. The minimum Gasteiger partial charge on any atom is -0.293 e. The number of hydrogen-bond acceptors (Lipinski definition) is 1. The topological polar surface area (TPSA) is 17.1 Å². The Labute approximate surface area is 148 Å². The van der Waals surface area contributed by atoms with Gasteiger partial charge in [0.2, 0.25) is 0 Å². The van der Waals surface area contributed by atoms with Crippen LogP contribution in [0.25, 0.3) is 11.1 Å². The molecule has 1 heteroatoms. The number of carbonyl (C=O) groups is 1. The molecular weight excluding hydrogens is 304 g/mol. The summed E-state index contributed by atoms with van der Waals surface area (Å²) in [5.41, 5.74) is 5.34. The third kappa shape index (κ3) is 3.06. The van der Waals surface area contributed by atoms with Gasteiger partial charge in [-0.3, -0.25) is 4.79 Å². The van der Waals surface area contributed by atoms with Gasteiger partial charge in [0.25, 0.3) is 0 Å². The molecule has 0 aromatic heterocycles. The van der Waals surface area contributed by atoms with E-state index in [1.165, 1.54) is 5.57 Å². The predicted octanol–water partition coefficient (Wildman–Crippen LogP) is 5.74. The number of rotatable bonds is 3. The Hall–Kier alpha value is -2.93. The van der Waals surface area contributed by atoms with Crippen LogP contribution in [0.1, 0.15) is 35.4 Å². The van der Waals surface area contributed by atoms with Gasteiger partial charge in [0.15, 0.2) is 5.78 Å². The lowest BCUT2D eigenvalue weighted by Gasteiger charge is -2.27. The summed E-state index contributed by atoms with van der Waals surface area (Å²) in [4.78, 5) is 13.5. The molecular formula is C24H20O. The summed E-state index contributed by atoms with van der Waals surface area (Å²) in [6.07, 6.45) is 1.78. The van der Waals surface area contributed by atoms with E-state index in [0.717, 1.165) is 35.1 Å². The smallest absolute Gasteiger partial charge is 0.171 e. The van der Waals surface area contributed by atoms with E-state index in [2.05, 4.69) is 24.3 Å². The highest BCUT2D eigenvalue weighted by atomic mass is 16.1. The highest BCUT2D eigenvalue weighted by molar-refractivity contribution is 6.31. The third-order valence-electron chi connectivity index (χ3n) is 4.93. The molecule has 1 nitrogen and oxygen atoms in total. The fourth-order valence-corrected chi connectivity index (χ4v) is 3.72. The van der Waals surface area contributed by atoms with E-state index < -0.39 is 0 Å². The van der Waals surface area contributed by atoms with Crippen molar-refractivity contribution >= 4 is 16.9 Å². The van der Waals surface area contributed by atoms with E-state index in [0.29, 0.717) is 0 Å². The zero-order chi connectivity index (χ0) is 17.1. The Kier molecular flexibility index (Phi) is 4.30. The van der Waals surface area contributed by atoms with Gasteiger partial charge in [-0.1, -0.05) is 91.0 Å². The highest BCUT2D eigenvalue weighted by Crippen LogP contribution is 2.42. The first kappa shape index (κ1) is 15.6. The number of carbonyl (C=O) groups excluding carboxylic acids is 1. The van der Waals surface area contributed by atoms with Crippen LogP contribution in [-0.2, 0) is 4.79 Å². The summed E-state index contributed by atoms with van der Waals surface area (Å²) in [6.45, 7) is 0. The molecule has 1 aliphatic rings. The molecule has 0 radical (unpaired) electrons. The van der Waals surface area contributed by atoms with E-state index in [1.54, 1.807) is 0 Å². The zero-order valence-electron chi connectivity index (χ0n) is 14.1. The lowest BCUT2D eigenvalue weighted by molar-refractivity contribution is -0.115. The molecule has 25 heavy (non-hydrogen) atoms. The van der Waals surface area contributed by atoms with Crippen molar-refractivity contribution in [3.05, 3.63) is 108 Å². The molecule has 1 atom stereocenters. The Morgan fingerprint density at radius 1 is 0.640 bits per heavy atom. The molecule has 0 spiro atoms. The Morgan fingerprint density at radius 2 is 1.16 bits per heavy atom. The quantitative estimate of drug-likeness (QED) is 0.600. The van der Waals surface area contributed by atoms with Crippen molar-refractivity contribution < 1.29 is 4.79 Å². The average molecular weight is 324 g/mol. The second-order valence-electron chi connectivity index (χ2n) is 6.45. The van der Waals surface area contributed by atoms with Crippen LogP contribution in [0.3, 0.4) is 0 Å². The van der Waals surface area contributed by atoms with Crippen molar-refractivity contribution in [3.8, 4) is 0 Å². The maximum atomic E-state index is 13.5. The van der Waals surface area contributed by atoms with Gasteiger partial charge in [-0.2, -0.15) is 0 Å². The molecule has 0 amide bonds. The van der Waals surface area contributed by atoms with Crippen molar-refractivity contribution in [3.63, 3.8) is 0 Å². The fourth-order valence-electron chi connectivity index (χ4n) is 3.72. The Bertz CT molecular complexity index is 893. The third-order valence-corrected chi connectivity index (χ3v) is 4.93.